The summed E-state index contributed by atoms with van der Waals surface area (Å²) < 4.78 is 16.1. The summed E-state index contributed by atoms with van der Waals surface area (Å²) in [5.41, 5.74) is 1.66. The molecule has 0 spiro atoms. The van der Waals surface area contributed by atoms with Gasteiger partial charge < -0.3 is 13.9 Å². The van der Waals surface area contributed by atoms with E-state index in [0.717, 1.165) is 25.2 Å². The van der Waals surface area contributed by atoms with E-state index < -0.39 is 5.97 Å². The molecule has 0 N–H and O–H groups in total. The summed E-state index contributed by atoms with van der Waals surface area (Å²) in [7, 11) is 0. The highest BCUT2D eigenvalue weighted by molar-refractivity contribution is 5.89. The van der Waals surface area contributed by atoms with Crippen LogP contribution in [0.25, 0.3) is 0 Å². The molecule has 7 heteroatoms. The number of hydrogen-bond donors (Lipinski definition) is 0. The molecule has 7 nitrogen and oxygen atoms in total. The monoisotopic (exact) mass is 345 g/mol. The van der Waals surface area contributed by atoms with Gasteiger partial charge in [-0.3, -0.25) is 4.90 Å². The van der Waals surface area contributed by atoms with Crippen LogP contribution in [0, 0.1) is 6.92 Å². The minimum atomic E-state index is -0.406. The number of nitrogens with zero attached hydrogens (tertiary/aromatic N) is 3. The number of benzene rings is 1. The molecule has 1 aliphatic heterocycles. The second-order valence-electron chi connectivity index (χ2n) is 6.44. The Bertz CT molecular complexity index is 703. The van der Waals surface area contributed by atoms with Crippen molar-refractivity contribution in [1.29, 1.82) is 0 Å². The molecule has 3 rings (SSSR count). The normalized spacial score (nSPS) is 21.2. The number of carbonyl (C=O) groups excluding carboxylic acids is 1. The van der Waals surface area contributed by atoms with Gasteiger partial charge in [0.2, 0.25) is 5.89 Å². The minimum Gasteiger partial charge on any atom is -0.452 e. The molecule has 0 bridgehead atoms. The zero-order valence-corrected chi connectivity index (χ0v) is 14.8. The molecule has 2 atom stereocenters. The van der Waals surface area contributed by atoms with E-state index in [1.165, 1.54) is 0 Å². The topological polar surface area (TPSA) is 77.7 Å². The van der Waals surface area contributed by atoms with Crippen molar-refractivity contribution < 1.29 is 18.7 Å². The molecule has 0 radical (unpaired) electrons. The molecule has 1 saturated heterocycles. The molecule has 2 heterocycles. The van der Waals surface area contributed by atoms with E-state index in [9.17, 15) is 4.79 Å². The van der Waals surface area contributed by atoms with E-state index in [-0.39, 0.29) is 24.7 Å². The molecule has 1 aromatic carbocycles. The second kappa shape index (κ2) is 7.76. The van der Waals surface area contributed by atoms with Gasteiger partial charge in [-0.15, -0.1) is 10.2 Å². The molecular weight excluding hydrogens is 322 g/mol. The summed E-state index contributed by atoms with van der Waals surface area (Å²) in [6, 6.07) is 7.48. The highest BCUT2D eigenvalue weighted by Crippen LogP contribution is 2.15. The SMILES string of the molecule is Cc1nnc(COC(=O)c2ccc(CN3C[C@@H](C)O[C@@H](C)C3)cc2)o1. The largest absolute Gasteiger partial charge is 0.452 e. The second-order valence-corrected chi connectivity index (χ2v) is 6.44. The van der Waals surface area contributed by atoms with E-state index in [1.807, 2.05) is 12.1 Å². The van der Waals surface area contributed by atoms with Gasteiger partial charge in [-0.2, -0.15) is 0 Å². The van der Waals surface area contributed by atoms with Crippen LogP contribution in [0.2, 0.25) is 0 Å². The fraction of sp³-hybridized carbons (Fsp3) is 0.500. The van der Waals surface area contributed by atoms with Crippen LogP contribution in [0.1, 0.15) is 41.6 Å². The Hall–Kier alpha value is -2.25. The van der Waals surface area contributed by atoms with Crippen LogP contribution < -0.4 is 0 Å². The number of esters is 1. The van der Waals surface area contributed by atoms with Gasteiger partial charge in [-0.25, -0.2) is 4.79 Å². The summed E-state index contributed by atoms with van der Waals surface area (Å²) in [5.74, 6) is 0.330. The number of hydrogen-bond acceptors (Lipinski definition) is 7. The highest BCUT2D eigenvalue weighted by Gasteiger charge is 2.22. The first-order valence-electron chi connectivity index (χ1n) is 8.42. The highest BCUT2D eigenvalue weighted by atomic mass is 16.5. The van der Waals surface area contributed by atoms with Gasteiger partial charge in [0.15, 0.2) is 6.61 Å². The fourth-order valence-electron chi connectivity index (χ4n) is 3.02. The zero-order valence-electron chi connectivity index (χ0n) is 14.8. The summed E-state index contributed by atoms with van der Waals surface area (Å²) in [5, 5.41) is 7.49. The molecule has 0 saturated carbocycles. The average Bonchev–Trinajstić information content (AvgIpc) is 2.98. The number of rotatable bonds is 5. The fourth-order valence-corrected chi connectivity index (χ4v) is 3.02. The Kier molecular flexibility index (Phi) is 5.45. The Balaban J connectivity index is 1.53. The van der Waals surface area contributed by atoms with Crippen molar-refractivity contribution >= 4 is 5.97 Å². The maximum atomic E-state index is 12.1. The predicted molar refractivity (Wildman–Crippen MR) is 89.9 cm³/mol. The number of aryl methyl sites for hydroxylation is 1. The first kappa shape index (κ1) is 17.6. The number of aromatic nitrogens is 2. The van der Waals surface area contributed by atoms with Crippen molar-refractivity contribution in [2.45, 2.75) is 46.1 Å². The van der Waals surface area contributed by atoms with Crippen LogP contribution in [-0.2, 0) is 22.6 Å². The predicted octanol–water partition coefficient (Wildman–Crippen LogP) is 2.34. The standard InChI is InChI=1S/C18H23N3O4/c1-12-8-21(9-13(2)24-12)10-15-4-6-16(7-5-15)18(22)23-11-17-20-19-14(3)25-17/h4-7,12-13H,8-11H2,1-3H3/t12-,13+. The summed E-state index contributed by atoms with van der Waals surface area (Å²) in [6.07, 6.45) is 0.484. The molecule has 2 aromatic rings. The summed E-state index contributed by atoms with van der Waals surface area (Å²) in [6.45, 7) is 8.52. The Morgan fingerprint density at radius 3 is 2.48 bits per heavy atom. The Morgan fingerprint density at radius 1 is 1.20 bits per heavy atom. The van der Waals surface area contributed by atoms with Gasteiger partial charge in [0.25, 0.3) is 5.89 Å². The molecule has 134 valence electrons. The van der Waals surface area contributed by atoms with Gasteiger partial charge in [0.05, 0.1) is 17.8 Å². The van der Waals surface area contributed by atoms with Crippen LogP contribution in [0.3, 0.4) is 0 Å². The maximum Gasteiger partial charge on any atom is 0.338 e. The molecule has 1 aliphatic rings. The third kappa shape index (κ3) is 4.87. The quantitative estimate of drug-likeness (QED) is 0.770. The van der Waals surface area contributed by atoms with Crippen molar-refractivity contribution in [3.8, 4) is 0 Å². The minimum absolute atomic E-state index is 0.0228. The van der Waals surface area contributed by atoms with Crippen molar-refractivity contribution in [3.05, 3.63) is 47.2 Å². The van der Waals surface area contributed by atoms with E-state index in [0.29, 0.717) is 11.5 Å². The molecule has 0 unspecified atom stereocenters. The first-order chi connectivity index (χ1) is 12.0. The van der Waals surface area contributed by atoms with Gasteiger partial charge in [-0.05, 0) is 31.5 Å². The van der Waals surface area contributed by atoms with Gasteiger partial charge in [-0.1, -0.05) is 12.1 Å². The lowest BCUT2D eigenvalue weighted by Gasteiger charge is -2.35. The lowest BCUT2D eigenvalue weighted by molar-refractivity contribution is -0.0704. The van der Waals surface area contributed by atoms with E-state index >= 15 is 0 Å². The molecule has 0 amide bonds. The molecule has 25 heavy (non-hydrogen) atoms. The van der Waals surface area contributed by atoms with Gasteiger partial charge in [0, 0.05) is 26.6 Å². The Morgan fingerprint density at radius 2 is 1.88 bits per heavy atom. The third-order valence-electron chi connectivity index (χ3n) is 3.99. The Labute approximate surface area is 146 Å². The van der Waals surface area contributed by atoms with Crippen molar-refractivity contribution in [2.75, 3.05) is 13.1 Å². The molecule has 1 aromatic heterocycles. The van der Waals surface area contributed by atoms with E-state index in [2.05, 4.69) is 28.9 Å². The first-order valence-corrected chi connectivity index (χ1v) is 8.42. The molecule has 1 fully saturated rings. The number of ether oxygens (including phenoxy) is 2. The van der Waals surface area contributed by atoms with Crippen LogP contribution in [0.15, 0.2) is 28.7 Å². The average molecular weight is 345 g/mol. The smallest absolute Gasteiger partial charge is 0.338 e. The van der Waals surface area contributed by atoms with Crippen LogP contribution in [0.5, 0.6) is 0 Å². The lowest BCUT2D eigenvalue weighted by atomic mass is 10.1. The van der Waals surface area contributed by atoms with Crippen LogP contribution >= 0.6 is 0 Å². The number of carbonyl (C=O) groups is 1. The van der Waals surface area contributed by atoms with Gasteiger partial charge >= 0.3 is 5.97 Å². The van der Waals surface area contributed by atoms with E-state index in [1.54, 1.807) is 19.1 Å². The third-order valence-corrected chi connectivity index (χ3v) is 3.99. The van der Waals surface area contributed by atoms with Crippen LogP contribution in [0.4, 0.5) is 0 Å². The van der Waals surface area contributed by atoms with Crippen LogP contribution in [-0.4, -0.2) is 46.4 Å². The lowest BCUT2D eigenvalue weighted by Crippen LogP contribution is -2.44. The zero-order chi connectivity index (χ0) is 17.8. The van der Waals surface area contributed by atoms with E-state index in [4.69, 9.17) is 13.9 Å². The van der Waals surface area contributed by atoms with Crippen molar-refractivity contribution in [1.82, 2.24) is 15.1 Å². The van der Waals surface area contributed by atoms with Crippen molar-refractivity contribution in [3.63, 3.8) is 0 Å². The number of morpholine rings is 1. The van der Waals surface area contributed by atoms with Gasteiger partial charge in [0.1, 0.15) is 0 Å². The summed E-state index contributed by atoms with van der Waals surface area (Å²) in [4.78, 5) is 14.4. The maximum absolute atomic E-state index is 12.1. The molecule has 0 aliphatic carbocycles. The molecular formula is C18H23N3O4. The van der Waals surface area contributed by atoms with Crippen molar-refractivity contribution in [2.24, 2.45) is 0 Å². The summed E-state index contributed by atoms with van der Waals surface area (Å²) >= 11 is 0.